The number of carbonyl (C=O) groups is 1. The van der Waals surface area contributed by atoms with E-state index in [4.69, 9.17) is 4.74 Å². The van der Waals surface area contributed by atoms with Crippen LogP contribution in [-0.2, 0) is 0 Å². The zero-order valence-electron chi connectivity index (χ0n) is 10.8. The van der Waals surface area contributed by atoms with Gasteiger partial charge in [-0.2, -0.15) is 0 Å². The summed E-state index contributed by atoms with van der Waals surface area (Å²) >= 11 is 0. The topological polar surface area (TPSA) is 58.6 Å². The van der Waals surface area contributed by atoms with Gasteiger partial charge in [0.05, 0.1) is 12.7 Å². The van der Waals surface area contributed by atoms with Gasteiger partial charge in [-0.15, -0.1) is 0 Å². The molecule has 4 heteroatoms. The van der Waals surface area contributed by atoms with Crippen LogP contribution in [0.15, 0.2) is 18.2 Å². The van der Waals surface area contributed by atoms with Gasteiger partial charge in [0.2, 0.25) is 0 Å². The van der Waals surface area contributed by atoms with E-state index in [2.05, 4.69) is 12.2 Å². The highest BCUT2D eigenvalue weighted by atomic mass is 16.5. The van der Waals surface area contributed by atoms with Crippen molar-refractivity contribution >= 4 is 5.91 Å². The summed E-state index contributed by atoms with van der Waals surface area (Å²) < 4.78 is 4.98. The molecule has 1 aromatic carbocycles. The lowest BCUT2D eigenvalue weighted by atomic mass is 9.70. The minimum Gasteiger partial charge on any atom is -0.507 e. The smallest absolute Gasteiger partial charge is 0.255 e. The van der Waals surface area contributed by atoms with E-state index in [-0.39, 0.29) is 17.1 Å². The Morgan fingerprint density at radius 2 is 2.22 bits per heavy atom. The van der Waals surface area contributed by atoms with E-state index in [0.717, 1.165) is 12.8 Å². The lowest BCUT2D eigenvalue weighted by Gasteiger charge is -2.38. The highest BCUT2D eigenvalue weighted by molar-refractivity contribution is 5.97. The van der Waals surface area contributed by atoms with E-state index >= 15 is 0 Å². The standard InChI is InChI=1S/C14H19NO3/c1-14(6-3-7-14)9-15-13(17)11-5-4-10(18-2)8-12(11)16/h4-5,8,16H,3,6-7,9H2,1-2H3,(H,15,17). The van der Waals surface area contributed by atoms with Crippen molar-refractivity contribution in [2.75, 3.05) is 13.7 Å². The van der Waals surface area contributed by atoms with Crippen LogP contribution >= 0.6 is 0 Å². The molecule has 0 heterocycles. The fraction of sp³-hybridized carbons (Fsp3) is 0.500. The Morgan fingerprint density at radius 1 is 1.50 bits per heavy atom. The third-order valence-electron chi connectivity index (χ3n) is 3.69. The molecule has 1 aromatic rings. The van der Waals surface area contributed by atoms with E-state index in [0.29, 0.717) is 17.9 Å². The van der Waals surface area contributed by atoms with Gasteiger partial charge < -0.3 is 15.2 Å². The van der Waals surface area contributed by atoms with Crippen molar-refractivity contribution in [1.29, 1.82) is 0 Å². The average Bonchev–Trinajstić information content (AvgIpc) is 2.33. The number of hydrogen-bond acceptors (Lipinski definition) is 3. The first-order valence-electron chi connectivity index (χ1n) is 6.19. The maximum Gasteiger partial charge on any atom is 0.255 e. The van der Waals surface area contributed by atoms with Gasteiger partial charge in [-0.25, -0.2) is 0 Å². The predicted molar refractivity (Wildman–Crippen MR) is 69.0 cm³/mol. The van der Waals surface area contributed by atoms with Crippen LogP contribution in [0.4, 0.5) is 0 Å². The van der Waals surface area contributed by atoms with Crippen LogP contribution in [0.2, 0.25) is 0 Å². The highest BCUT2D eigenvalue weighted by Gasteiger charge is 2.32. The SMILES string of the molecule is COc1ccc(C(=O)NCC2(C)CCC2)c(O)c1. The molecule has 1 saturated carbocycles. The minimum atomic E-state index is -0.233. The summed E-state index contributed by atoms with van der Waals surface area (Å²) in [5.41, 5.74) is 0.524. The number of methoxy groups -OCH3 is 1. The minimum absolute atomic E-state index is 0.0504. The molecule has 0 radical (unpaired) electrons. The largest absolute Gasteiger partial charge is 0.507 e. The van der Waals surface area contributed by atoms with E-state index < -0.39 is 0 Å². The monoisotopic (exact) mass is 249 g/mol. The first-order valence-corrected chi connectivity index (χ1v) is 6.19. The normalized spacial score (nSPS) is 16.8. The molecule has 1 fully saturated rings. The molecule has 2 rings (SSSR count). The maximum atomic E-state index is 11.9. The number of aromatic hydroxyl groups is 1. The molecule has 2 N–H and O–H groups in total. The molecule has 0 aliphatic heterocycles. The van der Waals surface area contributed by atoms with Gasteiger partial charge in [0.1, 0.15) is 11.5 Å². The van der Waals surface area contributed by atoms with Gasteiger partial charge in [-0.05, 0) is 30.4 Å². The Bertz CT molecular complexity index is 452. The summed E-state index contributed by atoms with van der Waals surface area (Å²) in [6.45, 7) is 2.84. The van der Waals surface area contributed by atoms with Gasteiger partial charge >= 0.3 is 0 Å². The number of amides is 1. The van der Waals surface area contributed by atoms with Crippen molar-refractivity contribution in [3.05, 3.63) is 23.8 Å². The maximum absolute atomic E-state index is 11.9. The molecule has 4 nitrogen and oxygen atoms in total. The Kier molecular flexibility index (Phi) is 3.45. The number of ether oxygens (including phenoxy) is 1. The molecular formula is C14H19NO3. The van der Waals surface area contributed by atoms with Crippen LogP contribution in [0.25, 0.3) is 0 Å². The highest BCUT2D eigenvalue weighted by Crippen LogP contribution is 2.39. The summed E-state index contributed by atoms with van der Waals surface area (Å²) in [6, 6.07) is 4.69. The van der Waals surface area contributed by atoms with Crippen molar-refractivity contribution in [2.24, 2.45) is 5.41 Å². The molecule has 98 valence electrons. The molecule has 0 unspecified atom stereocenters. The van der Waals surface area contributed by atoms with E-state index in [1.54, 1.807) is 12.1 Å². The third-order valence-corrected chi connectivity index (χ3v) is 3.69. The summed E-state index contributed by atoms with van der Waals surface area (Å²) in [6.07, 6.45) is 3.55. The summed E-state index contributed by atoms with van der Waals surface area (Å²) in [5, 5.41) is 12.6. The molecule has 0 bridgehead atoms. The molecule has 1 aliphatic carbocycles. The lowest BCUT2D eigenvalue weighted by Crippen LogP contribution is -2.39. The molecule has 0 saturated heterocycles. The van der Waals surface area contributed by atoms with E-state index in [9.17, 15) is 9.90 Å². The predicted octanol–water partition coefficient (Wildman–Crippen LogP) is 2.32. The van der Waals surface area contributed by atoms with Crippen molar-refractivity contribution < 1.29 is 14.6 Å². The third kappa shape index (κ3) is 2.58. The van der Waals surface area contributed by atoms with Gasteiger partial charge in [0.15, 0.2) is 0 Å². The molecule has 0 aromatic heterocycles. The quantitative estimate of drug-likeness (QED) is 0.861. The lowest BCUT2D eigenvalue weighted by molar-refractivity contribution is 0.0888. The van der Waals surface area contributed by atoms with Crippen LogP contribution in [0.1, 0.15) is 36.5 Å². The first-order chi connectivity index (χ1) is 8.54. The molecular weight excluding hydrogens is 230 g/mol. The zero-order valence-corrected chi connectivity index (χ0v) is 10.8. The number of phenolic OH excluding ortho intramolecular Hbond substituents is 1. The molecule has 0 atom stereocenters. The van der Waals surface area contributed by atoms with Gasteiger partial charge in [-0.1, -0.05) is 13.3 Å². The second-order valence-corrected chi connectivity index (χ2v) is 5.23. The summed E-state index contributed by atoms with van der Waals surface area (Å²) in [4.78, 5) is 11.9. The van der Waals surface area contributed by atoms with Crippen molar-refractivity contribution in [2.45, 2.75) is 26.2 Å². The number of hydrogen-bond donors (Lipinski definition) is 2. The van der Waals surface area contributed by atoms with E-state index in [1.807, 2.05) is 0 Å². The number of rotatable bonds is 4. The Balaban J connectivity index is 2.00. The van der Waals surface area contributed by atoms with Crippen molar-refractivity contribution in [3.63, 3.8) is 0 Å². The molecule has 18 heavy (non-hydrogen) atoms. The molecule has 1 amide bonds. The van der Waals surface area contributed by atoms with Gasteiger partial charge in [-0.3, -0.25) is 4.79 Å². The van der Waals surface area contributed by atoms with Crippen molar-refractivity contribution in [3.8, 4) is 11.5 Å². The fourth-order valence-corrected chi connectivity index (χ4v) is 2.18. The molecule has 0 spiro atoms. The summed E-state index contributed by atoms with van der Waals surface area (Å²) in [5.74, 6) is 0.254. The Labute approximate surface area is 107 Å². The van der Waals surface area contributed by atoms with Gasteiger partial charge in [0.25, 0.3) is 5.91 Å². The van der Waals surface area contributed by atoms with Crippen LogP contribution in [0, 0.1) is 5.41 Å². The Morgan fingerprint density at radius 3 is 2.72 bits per heavy atom. The van der Waals surface area contributed by atoms with Crippen LogP contribution in [0.5, 0.6) is 11.5 Å². The van der Waals surface area contributed by atoms with E-state index in [1.165, 1.54) is 19.6 Å². The second kappa shape index (κ2) is 4.88. The van der Waals surface area contributed by atoms with Gasteiger partial charge in [0, 0.05) is 12.6 Å². The number of phenols is 1. The fourth-order valence-electron chi connectivity index (χ4n) is 2.18. The van der Waals surface area contributed by atoms with Crippen molar-refractivity contribution in [1.82, 2.24) is 5.32 Å². The average molecular weight is 249 g/mol. The molecule has 1 aliphatic rings. The van der Waals surface area contributed by atoms with Crippen LogP contribution < -0.4 is 10.1 Å². The Hall–Kier alpha value is -1.71. The van der Waals surface area contributed by atoms with Crippen LogP contribution in [-0.4, -0.2) is 24.7 Å². The first kappa shape index (κ1) is 12.7. The number of carbonyl (C=O) groups excluding carboxylic acids is 1. The second-order valence-electron chi connectivity index (χ2n) is 5.23. The zero-order chi connectivity index (χ0) is 13.2. The number of nitrogens with one attached hydrogen (secondary N) is 1. The van der Waals surface area contributed by atoms with Crippen LogP contribution in [0.3, 0.4) is 0 Å². The number of benzene rings is 1. The summed E-state index contributed by atoms with van der Waals surface area (Å²) in [7, 11) is 1.52.